The van der Waals surface area contributed by atoms with Crippen molar-refractivity contribution in [1.29, 1.82) is 5.26 Å². The van der Waals surface area contributed by atoms with E-state index in [2.05, 4.69) is 0 Å². The van der Waals surface area contributed by atoms with Crippen LogP contribution in [0.1, 0.15) is 17.0 Å². The van der Waals surface area contributed by atoms with Gasteiger partial charge in [0.2, 0.25) is 5.82 Å². The van der Waals surface area contributed by atoms with Gasteiger partial charge in [0, 0.05) is 5.56 Å². The van der Waals surface area contributed by atoms with Gasteiger partial charge in [0.1, 0.15) is 10.9 Å². The summed E-state index contributed by atoms with van der Waals surface area (Å²) < 4.78 is 95.2. The van der Waals surface area contributed by atoms with Gasteiger partial charge < -0.3 is 0 Å². The Balaban J connectivity index is 2.93. The molecule has 1 atom stereocenters. The van der Waals surface area contributed by atoms with E-state index in [-0.39, 0.29) is 0 Å². The van der Waals surface area contributed by atoms with E-state index in [0.29, 0.717) is 0 Å². The Hall–Kier alpha value is -1.69. The first-order valence-corrected chi connectivity index (χ1v) is 7.11. The second-order valence-corrected chi connectivity index (χ2v) is 5.66. The molecule has 11 heteroatoms. The van der Waals surface area contributed by atoms with Gasteiger partial charge in [-0.15, -0.1) is 0 Å². The highest BCUT2D eigenvalue weighted by molar-refractivity contribution is 6.39. The highest BCUT2D eigenvalue weighted by Gasteiger charge is 2.35. The molecular weight excluding hydrogens is 422 g/mol. The maximum atomic E-state index is 13.9. The number of halogens is 10. The van der Waals surface area contributed by atoms with Crippen LogP contribution in [0.2, 0.25) is 15.1 Å². The van der Waals surface area contributed by atoms with E-state index in [4.69, 9.17) is 40.1 Å². The molecular formula is C14HCl3F7N. The van der Waals surface area contributed by atoms with Crippen LogP contribution in [0.5, 0.6) is 0 Å². The second kappa shape index (κ2) is 6.90. The van der Waals surface area contributed by atoms with E-state index in [1.54, 1.807) is 0 Å². The van der Waals surface area contributed by atoms with Crippen molar-refractivity contribution in [2.45, 2.75) is 5.92 Å². The zero-order valence-corrected chi connectivity index (χ0v) is 13.6. The summed E-state index contributed by atoms with van der Waals surface area (Å²) in [6.07, 6.45) is 0. The van der Waals surface area contributed by atoms with Crippen LogP contribution in [0.25, 0.3) is 0 Å². The summed E-state index contributed by atoms with van der Waals surface area (Å²) in [6, 6.07) is 1.16. The van der Waals surface area contributed by atoms with Crippen molar-refractivity contribution in [3.05, 3.63) is 66.9 Å². The quantitative estimate of drug-likeness (QED) is 0.318. The fourth-order valence-corrected chi connectivity index (χ4v) is 2.95. The van der Waals surface area contributed by atoms with E-state index in [9.17, 15) is 30.7 Å². The third-order valence-corrected chi connectivity index (χ3v) is 4.26. The molecule has 0 heterocycles. The lowest BCUT2D eigenvalue weighted by Gasteiger charge is -2.17. The van der Waals surface area contributed by atoms with Crippen LogP contribution in [0.15, 0.2) is 0 Å². The zero-order valence-electron chi connectivity index (χ0n) is 11.3. The molecule has 1 unspecified atom stereocenters. The van der Waals surface area contributed by atoms with Gasteiger partial charge in [0.05, 0.1) is 21.7 Å². The molecule has 0 radical (unpaired) electrons. The van der Waals surface area contributed by atoms with Gasteiger partial charge in [-0.25, -0.2) is 30.7 Å². The third-order valence-electron chi connectivity index (χ3n) is 3.19. The summed E-state index contributed by atoms with van der Waals surface area (Å²) in [4.78, 5) is 0. The van der Waals surface area contributed by atoms with Gasteiger partial charge in [0.15, 0.2) is 34.9 Å². The lowest BCUT2D eigenvalue weighted by molar-refractivity contribution is 0.369. The van der Waals surface area contributed by atoms with Gasteiger partial charge in [0.25, 0.3) is 0 Å². The number of hydrogen-bond acceptors (Lipinski definition) is 1. The van der Waals surface area contributed by atoms with Crippen LogP contribution in [-0.4, -0.2) is 0 Å². The molecule has 2 aromatic rings. The molecule has 0 aliphatic carbocycles. The molecule has 1 nitrogen and oxygen atoms in total. The minimum absolute atomic E-state index is 1.03. The number of hydrogen-bond donors (Lipinski definition) is 0. The Kier molecular flexibility index (Phi) is 5.42. The molecule has 2 rings (SSSR count). The third kappa shape index (κ3) is 2.90. The fourth-order valence-electron chi connectivity index (χ4n) is 2.02. The Morgan fingerprint density at radius 1 is 0.560 bits per heavy atom. The number of nitriles is 1. The van der Waals surface area contributed by atoms with E-state index in [1.807, 2.05) is 0 Å². The number of benzene rings is 2. The molecule has 0 bridgehead atoms. The molecule has 0 fully saturated rings. The molecule has 0 saturated heterocycles. The summed E-state index contributed by atoms with van der Waals surface area (Å²) in [5, 5.41) is 5.73. The lowest BCUT2D eigenvalue weighted by Crippen LogP contribution is -2.13. The minimum atomic E-state index is -2.47. The molecule has 25 heavy (non-hydrogen) atoms. The fraction of sp³-hybridized carbons (Fsp3) is 0.0714. The summed E-state index contributed by atoms with van der Waals surface area (Å²) >= 11 is 16.4. The highest BCUT2D eigenvalue weighted by Crippen LogP contribution is 2.43. The van der Waals surface area contributed by atoms with Gasteiger partial charge in [-0.05, 0) is 0 Å². The molecule has 0 N–H and O–H groups in total. The molecule has 0 aliphatic rings. The van der Waals surface area contributed by atoms with Crippen LogP contribution >= 0.6 is 34.8 Å². The van der Waals surface area contributed by atoms with Gasteiger partial charge >= 0.3 is 0 Å². The van der Waals surface area contributed by atoms with Crippen LogP contribution < -0.4 is 0 Å². The SMILES string of the molecule is N#CC(c1c(F)c(F)c(F)c(F)c1F)c1c(Cl)c(F)c(Cl)c(F)c1Cl. The first-order chi connectivity index (χ1) is 11.6. The van der Waals surface area contributed by atoms with E-state index in [1.165, 1.54) is 0 Å². The average molecular weight is 423 g/mol. The van der Waals surface area contributed by atoms with Gasteiger partial charge in [-0.2, -0.15) is 5.26 Å². The standard InChI is InChI=1S/C14HCl3F7N/c15-5-3(6(16)11(21)7(17)10(5)20)2(1-25)4-8(18)12(22)14(24)13(23)9(4)19/h2H. The summed E-state index contributed by atoms with van der Waals surface area (Å²) in [5.74, 6) is -17.6. The summed E-state index contributed by atoms with van der Waals surface area (Å²) in [7, 11) is 0. The van der Waals surface area contributed by atoms with Crippen LogP contribution in [-0.2, 0) is 0 Å². The van der Waals surface area contributed by atoms with Crippen molar-refractivity contribution >= 4 is 34.8 Å². The molecule has 0 aromatic heterocycles. The second-order valence-electron chi connectivity index (χ2n) is 4.53. The van der Waals surface area contributed by atoms with Crippen molar-refractivity contribution in [3.63, 3.8) is 0 Å². The van der Waals surface area contributed by atoms with Gasteiger partial charge in [-0.3, -0.25) is 0 Å². The predicted molar refractivity (Wildman–Crippen MR) is 75.1 cm³/mol. The smallest absolute Gasteiger partial charge is 0.200 e. The van der Waals surface area contributed by atoms with Crippen LogP contribution in [0, 0.1) is 52.1 Å². The predicted octanol–water partition coefficient (Wildman–Crippen LogP) is 6.28. The Bertz CT molecular complexity index is 812. The molecule has 0 spiro atoms. The summed E-state index contributed by atoms with van der Waals surface area (Å²) in [5.41, 5.74) is -2.70. The summed E-state index contributed by atoms with van der Waals surface area (Å²) in [6.45, 7) is 0. The Morgan fingerprint density at radius 3 is 1.28 bits per heavy atom. The monoisotopic (exact) mass is 421 g/mol. The van der Waals surface area contributed by atoms with Crippen molar-refractivity contribution in [2.75, 3.05) is 0 Å². The Labute approximate surface area is 150 Å². The maximum Gasteiger partial charge on any atom is 0.200 e. The number of rotatable bonds is 2. The molecule has 132 valence electrons. The zero-order chi connectivity index (χ0) is 19.2. The molecule has 0 saturated carbocycles. The highest BCUT2D eigenvalue weighted by atomic mass is 35.5. The lowest BCUT2D eigenvalue weighted by atomic mass is 9.90. The minimum Gasteiger partial charge on any atom is -0.204 e. The largest absolute Gasteiger partial charge is 0.204 e. The van der Waals surface area contributed by atoms with Crippen molar-refractivity contribution < 1.29 is 30.7 Å². The van der Waals surface area contributed by atoms with Crippen LogP contribution in [0.3, 0.4) is 0 Å². The first-order valence-electron chi connectivity index (χ1n) is 5.98. The average Bonchev–Trinajstić information content (AvgIpc) is 2.60. The van der Waals surface area contributed by atoms with E-state index in [0.717, 1.165) is 6.07 Å². The molecule has 2 aromatic carbocycles. The molecule has 0 aliphatic heterocycles. The van der Waals surface area contributed by atoms with Crippen molar-refractivity contribution in [1.82, 2.24) is 0 Å². The van der Waals surface area contributed by atoms with E-state index >= 15 is 0 Å². The topological polar surface area (TPSA) is 23.8 Å². The molecule has 0 amide bonds. The first kappa shape index (κ1) is 19.6. The van der Waals surface area contributed by atoms with Crippen LogP contribution in [0.4, 0.5) is 30.7 Å². The van der Waals surface area contributed by atoms with Crippen molar-refractivity contribution in [3.8, 4) is 6.07 Å². The normalized spacial score (nSPS) is 12.2. The van der Waals surface area contributed by atoms with Gasteiger partial charge in [-0.1, -0.05) is 34.8 Å². The maximum absolute atomic E-state index is 13.9. The van der Waals surface area contributed by atoms with Crippen molar-refractivity contribution in [2.24, 2.45) is 0 Å². The van der Waals surface area contributed by atoms with E-state index < -0.39 is 72.8 Å². The Morgan fingerprint density at radius 2 is 0.920 bits per heavy atom. The number of nitrogens with zero attached hydrogens (tertiary/aromatic N) is 1.